The van der Waals surface area contributed by atoms with Gasteiger partial charge in [-0.15, -0.1) is 13.2 Å². The molecule has 27 heavy (non-hydrogen) atoms. The predicted molar refractivity (Wildman–Crippen MR) is 93.4 cm³/mol. The van der Waals surface area contributed by atoms with Crippen LogP contribution in [-0.4, -0.2) is 17.4 Å². The topological polar surface area (TPSA) is 123 Å². The standard InChI is InChI=1S/C16H14ClF3N4O3/c17-11-7-9(3-6-12(11)27-16(18,19)20)8-1-4-10(5-2-8)23-14(21)13(24-22)15(25)26/h1-7,23-24H,21-22H2,(H,25,26)/b14-13+. The van der Waals surface area contributed by atoms with Crippen molar-refractivity contribution in [2.45, 2.75) is 6.36 Å². The largest absolute Gasteiger partial charge is 0.573 e. The zero-order valence-corrected chi connectivity index (χ0v) is 14.2. The minimum absolute atomic E-state index is 0.195. The molecule has 2 aromatic rings. The predicted octanol–water partition coefficient (Wildman–Crippen LogP) is 2.99. The van der Waals surface area contributed by atoms with Gasteiger partial charge in [-0.2, -0.15) is 0 Å². The van der Waals surface area contributed by atoms with Crippen LogP contribution in [0.25, 0.3) is 11.1 Å². The van der Waals surface area contributed by atoms with Gasteiger partial charge in [0.05, 0.1) is 5.02 Å². The second-order valence-corrected chi connectivity index (χ2v) is 5.54. The molecular weight excluding hydrogens is 389 g/mol. The minimum atomic E-state index is -4.83. The number of alkyl halides is 3. The van der Waals surface area contributed by atoms with Gasteiger partial charge in [0.2, 0.25) is 0 Å². The number of hydrogen-bond acceptors (Lipinski definition) is 6. The number of hydrazine groups is 1. The quantitative estimate of drug-likeness (QED) is 0.286. The van der Waals surface area contributed by atoms with Gasteiger partial charge in [0.1, 0.15) is 11.6 Å². The van der Waals surface area contributed by atoms with Crippen molar-refractivity contribution in [3.8, 4) is 16.9 Å². The van der Waals surface area contributed by atoms with Crippen LogP contribution in [0.2, 0.25) is 5.02 Å². The van der Waals surface area contributed by atoms with E-state index in [1.54, 1.807) is 24.3 Å². The van der Waals surface area contributed by atoms with E-state index in [0.717, 1.165) is 6.07 Å². The Balaban J connectivity index is 2.20. The SMILES string of the molecule is NN/C(C(=O)O)=C(\N)Nc1ccc(-c2ccc(OC(F)(F)F)c(Cl)c2)cc1. The number of aliphatic carboxylic acids is 1. The number of carboxylic acid groups (broad SMARTS) is 1. The van der Waals surface area contributed by atoms with Crippen LogP contribution < -0.4 is 27.1 Å². The maximum Gasteiger partial charge on any atom is 0.573 e. The van der Waals surface area contributed by atoms with Gasteiger partial charge in [-0.05, 0) is 35.4 Å². The lowest BCUT2D eigenvalue weighted by Crippen LogP contribution is -2.32. The van der Waals surface area contributed by atoms with Crippen molar-refractivity contribution >= 4 is 23.3 Å². The minimum Gasteiger partial charge on any atom is -0.476 e. The third-order valence-corrected chi connectivity index (χ3v) is 3.58. The van der Waals surface area contributed by atoms with Crippen molar-refractivity contribution in [2.75, 3.05) is 5.32 Å². The van der Waals surface area contributed by atoms with Gasteiger partial charge in [-0.25, -0.2) is 4.79 Å². The van der Waals surface area contributed by atoms with Gasteiger partial charge >= 0.3 is 12.3 Å². The van der Waals surface area contributed by atoms with Crippen molar-refractivity contribution in [1.82, 2.24) is 5.43 Å². The first-order valence-corrected chi connectivity index (χ1v) is 7.61. The monoisotopic (exact) mass is 402 g/mol. The number of carbonyl (C=O) groups is 1. The Morgan fingerprint density at radius 2 is 1.70 bits per heavy atom. The molecule has 0 saturated heterocycles. The molecule has 2 rings (SSSR count). The van der Waals surface area contributed by atoms with Gasteiger partial charge in [0.25, 0.3) is 0 Å². The Kier molecular flexibility index (Phi) is 6.03. The molecule has 0 unspecified atom stereocenters. The number of halogens is 4. The molecule has 11 heteroatoms. The van der Waals surface area contributed by atoms with Crippen LogP contribution in [-0.2, 0) is 4.79 Å². The highest BCUT2D eigenvalue weighted by molar-refractivity contribution is 6.32. The first kappa shape index (κ1) is 20.2. The fraction of sp³-hybridized carbons (Fsp3) is 0.0625. The van der Waals surface area contributed by atoms with E-state index >= 15 is 0 Å². The molecule has 0 aliphatic carbocycles. The summed E-state index contributed by atoms with van der Waals surface area (Å²) in [5, 5.41) is 11.4. The maximum atomic E-state index is 12.3. The van der Waals surface area contributed by atoms with E-state index in [2.05, 4.69) is 10.1 Å². The van der Waals surface area contributed by atoms with E-state index in [0.29, 0.717) is 16.8 Å². The summed E-state index contributed by atoms with van der Waals surface area (Å²) < 4.78 is 40.6. The number of nitrogens with two attached hydrogens (primary N) is 2. The Bertz CT molecular complexity index is 870. The molecule has 0 aliphatic rings. The number of benzene rings is 2. The summed E-state index contributed by atoms with van der Waals surface area (Å²) in [6.45, 7) is 0. The summed E-state index contributed by atoms with van der Waals surface area (Å²) in [5.41, 5.74) is 8.85. The molecular formula is C16H14ClF3N4O3. The third kappa shape index (κ3) is 5.43. The molecule has 0 aliphatic heterocycles. The van der Waals surface area contributed by atoms with Crippen LogP contribution in [0, 0.1) is 0 Å². The summed E-state index contributed by atoms with van der Waals surface area (Å²) in [4.78, 5) is 10.9. The van der Waals surface area contributed by atoms with Crippen LogP contribution in [0.5, 0.6) is 5.75 Å². The molecule has 0 fully saturated rings. The van der Waals surface area contributed by atoms with Gasteiger partial charge in [-0.3, -0.25) is 5.84 Å². The Hall–Kier alpha value is -3.11. The van der Waals surface area contributed by atoms with E-state index in [1.807, 2.05) is 5.43 Å². The number of rotatable bonds is 6. The fourth-order valence-electron chi connectivity index (χ4n) is 2.11. The summed E-state index contributed by atoms with van der Waals surface area (Å²) in [5.74, 6) is 3.05. The summed E-state index contributed by atoms with van der Waals surface area (Å²) in [7, 11) is 0. The third-order valence-electron chi connectivity index (χ3n) is 3.28. The molecule has 7 N–H and O–H groups in total. The van der Waals surface area contributed by atoms with E-state index in [9.17, 15) is 18.0 Å². The van der Waals surface area contributed by atoms with E-state index in [1.165, 1.54) is 12.1 Å². The van der Waals surface area contributed by atoms with Crippen LogP contribution in [0.1, 0.15) is 0 Å². The van der Waals surface area contributed by atoms with Gasteiger partial charge in [0.15, 0.2) is 5.70 Å². The summed E-state index contributed by atoms with van der Waals surface area (Å²) >= 11 is 5.83. The van der Waals surface area contributed by atoms with E-state index in [-0.39, 0.29) is 10.8 Å². The highest BCUT2D eigenvalue weighted by Crippen LogP contribution is 2.34. The highest BCUT2D eigenvalue weighted by Gasteiger charge is 2.32. The molecule has 7 nitrogen and oxygen atoms in total. The smallest absolute Gasteiger partial charge is 0.476 e. The maximum absolute atomic E-state index is 12.3. The molecule has 0 atom stereocenters. The summed E-state index contributed by atoms with van der Waals surface area (Å²) in [6.07, 6.45) is -4.83. The van der Waals surface area contributed by atoms with Crippen molar-refractivity contribution in [3.05, 3.63) is 59.0 Å². The second kappa shape index (κ2) is 8.06. The second-order valence-electron chi connectivity index (χ2n) is 5.13. The van der Waals surface area contributed by atoms with E-state index in [4.69, 9.17) is 28.3 Å². The summed E-state index contributed by atoms with van der Waals surface area (Å²) in [6, 6.07) is 10.3. The Morgan fingerprint density at radius 1 is 1.11 bits per heavy atom. The molecule has 0 bridgehead atoms. The zero-order chi connectivity index (χ0) is 20.2. The van der Waals surface area contributed by atoms with Crippen LogP contribution in [0.3, 0.4) is 0 Å². The molecule has 0 aromatic heterocycles. The van der Waals surface area contributed by atoms with Gasteiger partial charge in [-0.1, -0.05) is 29.8 Å². The van der Waals surface area contributed by atoms with Crippen LogP contribution in [0.4, 0.5) is 18.9 Å². The average molecular weight is 403 g/mol. The lowest BCUT2D eigenvalue weighted by atomic mass is 10.1. The number of carboxylic acids is 1. The Morgan fingerprint density at radius 3 is 2.19 bits per heavy atom. The average Bonchev–Trinajstić information content (AvgIpc) is 2.56. The van der Waals surface area contributed by atoms with Crippen molar-refractivity contribution in [1.29, 1.82) is 0 Å². The van der Waals surface area contributed by atoms with Crippen molar-refractivity contribution < 1.29 is 27.8 Å². The van der Waals surface area contributed by atoms with Gasteiger partial charge in [0, 0.05) is 5.69 Å². The van der Waals surface area contributed by atoms with Crippen molar-refractivity contribution in [2.24, 2.45) is 11.6 Å². The van der Waals surface area contributed by atoms with Crippen LogP contribution >= 0.6 is 11.6 Å². The normalized spacial score (nSPS) is 12.2. The first-order valence-electron chi connectivity index (χ1n) is 7.23. The number of hydrogen-bond donors (Lipinski definition) is 5. The molecule has 144 valence electrons. The molecule has 2 aromatic carbocycles. The molecule has 0 heterocycles. The van der Waals surface area contributed by atoms with Crippen molar-refractivity contribution in [3.63, 3.8) is 0 Å². The number of ether oxygens (including phenoxy) is 1. The number of anilines is 1. The zero-order valence-electron chi connectivity index (χ0n) is 13.5. The lowest BCUT2D eigenvalue weighted by Gasteiger charge is -2.12. The Labute approximate surface area is 156 Å². The molecule has 0 spiro atoms. The van der Waals surface area contributed by atoms with E-state index < -0.39 is 23.8 Å². The highest BCUT2D eigenvalue weighted by atomic mass is 35.5. The lowest BCUT2D eigenvalue weighted by molar-refractivity contribution is -0.274. The molecule has 0 saturated carbocycles. The number of nitrogens with one attached hydrogen (secondary N) is 2. The first-order chi connectivity index (χ1) is 12.6. The fourth-order valence-corrected chi connectivity index (χ4v) is 2.33. The van der Waals surface area contributed by atoms with Gasteiger partial charge < -0.3 is 26.3 Å². The van der Waals surface area contributed by atoms with Crippen LogP contribution in [0.15, 0.2) is 54.0 Å². The molecule has 0 amide bonds. The molecule has 0 radical (unpaired) electrons.